The van der Waals surface area contributed by atoms with Crippen LogP contribution in [-0.4, -0.2) is 129 Å². The van der Waals surface area contributed by atoms with Gasteiger partial charge in [-0.3, -0.25) is 39.2 Å². The van der Waals surface area contributed by atoms with Gasteiger partial charge in [0.1, 0.15) is 40.5 Å². The number of imidazole rings is 2. The molecule has 0 spiro atoms. The Kier molecular flexibility index (Phi) is 14.7. The summed E-state index contributed by atoms with van der Waals surface area (Å²) in [6.45, 7) is 10.7. The Morgan fingerprint density at radius 3 is 1.65 bits per heavy atom. The molecule has 0 atom stereocenters. The first-order valence-corrected chi connectivity index (χ1v) is 23.6. The van der Waals surface area contributed by atoms with Gasteiger partial charge in [-0.1, -0.05) is 24.0 Å². The van der Waals surface area contributed by atoms with E-state index in [1.807, 2.05) is 30.9 Å². The van der Waals surface area contributed by atoms with Crippen LogP contribution in [0.3, 0.4) is 0 Å². The molecule has 6 heterocycles. The van der Waals surface area contributed by atoms with E-state index in [2.05, 4.69) is 32.7 Å². The summed E-state index contributed by atoms with van der Waals surface area (Å²) in [6.07, 6.45) is 5.85. The molecule has 2 aliphatic rings. The van der Waals surface area contributed by atoms with E-state index in [-0.39, 0.29) is 66.5 Å². The second kappa shape index (κ2) is 21.2. The zero-order valence-corrected chi connectivity index (χ0v) is 40.4. The number of carbonyl (C=O) groups is 5. The third kappa shape index (κ3) is 10.7. The zero-order chi connectivity index (χ0) is 50.5. The Bertz CT molecular complexity index is 3120. The van der Waals surface area contributed by atoms with E-state index in [9.17, 15) is 29.1 Å². The summed E-state index contributed by atoms with van der Waals surface area (Å²) in [7, 11) is 1.45. The van der Waals surface area contributed by atoms with Crippen LogP contribution in [0.15, 0.2) is 48.6 Å². The number of amides is 6. The lowest BCUT2D eigenvalue weighted by molar-refractivity contribution is 0.0773. The average Bonchev–Trinajstić information content (AvgIpc) is 4.13. The van der Waals surface area contributed by atoms with Crippen molar-refractivity contribution in [1.82, 2.24) is 48.5 Å². The molecule has 22 nitrogen and oxygen atoms in total. The smallest absolute Gasteiger partial charge is 0.320 e. The number of nitrogens with one attached hydrogen (secondary N) is 2. The van der Waals surface area contributed by atoms with Crippen LogP contribution in [-0.2, 0) is 26.2 Å². The van der Waals surface area contributed by atoms with Gasteiger partial charge in [-0.25, -0.2) is 14.8 Å². The van der Waals surface area contributed by atoms with Gasteiger partial charge in [0.15, 0.2) is 0 Å². The average molecular weight is 971 g/mol. The number of carbonyl (C=O) groups excluding carboxylic acids is 5. The molecule has 0 unspecified atom stereocenters. The number of primary amides is 2. The molecule has 2 aromatic carbocycles. The van der Waals surface area contributed by atoms with Crippen LogP contribution in [0.2, 0.25) is 0 Å². The minimum atomic E-state index is -0.713. The van der Waals surface area contributed by atoms with Crippen molar-refractivity contribution in [2.75, 3.05) is 50.5 Å². The number of nitrogens with zero attached hydrogens (tertiary/aromatic N) is 10. The van der Waals surface area contributed by atoms with Gasteiger partial charge >= 0.3 is 6.03 Å². The molecule has 2 saturated heterocycles. The molecule has 7 N–H and O–H groups in total. The molecule has 372 valence electrons. The Morgan fingerprint density at radius 1 is 0.718 bits per heavy atom. The van der Waals surface area contributed by atoms with E-state index in [0.29, 0.717) is 116 Å². The van der Waals surface area contributed by atoms with E-state index in [1.165, 1.54) is 31.4 Å². The van der Waals surface area contributed by atoms with E-state index in [1.54, 1.807) is 49.4 Å². The van der Waals surface area contributed by atoms with Gasteiger partial charge in [-0.05, 0) is 89.8 Å². The van der Waals surface area contributed by atoms with Crippen LogP contribution >= 0.6 is 0 Å². The Morgan fingerprint density at radius 2 is 1.18 bits per heavy atom. The summed E-state index contributed by atoms with van der Waals surface area (Å²) in [5, 5.41) is 24.6. The first-order valence-electron chi connectivity index (χ1n) is 23.6. The van der Waals surface area contributed by atoms with E-state index in [4.69, 9.17) is 30.9 Å². The number of anilines is 2. The summed E-state index contributed by atoms with van der Waals surface area (Å²) in [6, 6.07) is 9.43. The fourth-order valence-corrected chi connectivity index (χ4v) is 8.96. The number of aromatic nitrogens is 8. The fraction of sp³-hybridized carbons (Fsp3) is 0.408. The van der Waals surface area contributed by atoms with Gasteiger partial charge < -0.3 is 45.0 Å². The third-order valence-electron chi connectivity index (χ3n) is 12.6. The number of allylic oxidation sites excluding steroid dienone is 2. The number of nitrogens with two attached hydrogens (primary N) is 2. The molecular formula is C49H58N14O8. The SMILES string of the molecule is CCn1nc(C)cc1C(=O)Nc1nc2cc(C(N)=O)cc(OC)c2n1CC=CCn1c(NC(=O)c2cc(C)nn2CC)nc2cc(C(N)=O)cc(OCC#CC3CCN(C(=O)N4CCC(O)CC4)CC3)c21. The Balaban J connectivity index is 1.09. The molecule has 22 heteroatoms. The number of benzene rings is 2. The number of methoxy groups -OCH3 is 1. The summed E-state index contributed by atoms with van der Waals surface area (Å²) >= 11 is 0. The van der Waals surface area contributed by atoms with Crippen LogP contribution in [0.1, 0.15) is 92.6 Å². The number of urea groups is 1. The first-order chi connectivity index (χ1) is 34.1. The van der Waals surface area contributed by atoms with Crippen molar-refractivity contribution in [1.29, 1.82) is 0 Å². The molecular weight excluding hydrogens is 913 g/mol. The maximum Gasteiger partial charge on any atom is 0.320 e. The predicted molar refractivity (Wildman–Crippen MR) is 263 cm³/mol. The Hall–Kier alpha value is -8.19. The number of hydrogen-bond acceptors (Lipinski definition) is 12. The lowest BCUT2D eigenvalue weighted by Crippen LogP contribution is -2.49. The van der Waals surface area contributed by atoms with Crippen LogP contribution in [0.4, 0.5) is 16.7 Å². The molecule has 71 heavy (non-hydrogen) atoms. The highest BCUT2D eigenvalue weighted by molar-refractivity contribution is 6.05. The van der Waals surface area contributed by atoms with Gasteiger partial charge in [-0.2, -0.15) is 10.2 Å². The van der Waals surface area contributed by atoms with Crippen LogP contribution in [0, 0.1) is 31.6 Å². The quantitative estimate of drug-likeness (QED) is 0.0720. The molecule has 6 amide bonds. The largest absolute Gasteiger partial charge is 0.494 e. The van der Waals surface area contributed by atoms with Gasteiger partial charge in [-0.15, -0.1) is 0 Å². The maximum atomic E-state index is 13.9. The maximum absolute atomic E-state index is 13.9. The molecule has 0 aliphatic carbocycles. The molecule has 2 fully saturated rings. The molecule has 4 aromatic heterocycles. The third-order valence-corrected chi connectivity index (χ3v) is 12.6. The zero-order valence-electron chi connectivity index (χ0n) is 40.4. The molecule has 0 bridgehead atoms. The van der Waals surface area contributed by atoms with Crippen molar-refractivity contribution in [2.45, 2.75) is 85.7 Å². The number of aliphatic hydroxyl groups is 1. The van der Waals surface area contributed by atoms with Gasteiger partial charge in [0.25, 0.3) is 11.8 Å². The molecule has 0 saturated carbocycles. The second-order valence-electron chi connectivity index (χ2n) is 17.4. The Labute approximate surface area is 408 Å². The highest BCUT2D eigenvalue weighted by Crippen LogP contribution is 2.33. The van der Waals surface area contributed by atoms with Crippen molar-refractivity contribution >= 4 is 63.6 Å². The predicted octanol–water partition coefficient (Wildman–Crippen LogP) is 4.07. The van der Waals surface area contributed by atoms with Crippen molar-refractivity contribution in [3.63, 3.8) is 0 Å². The number of aryl methyl sites for hydroxylation is 4. The lowest BCUT2D eigenvalue weighted by atomic mass is 9.97. The summed E-state index contributed by atoms with van der Waals surface area (Å²) in [4.78, 5) is 78.9. The van der Waals surface area contributed by atoms with Gasteiger partial charge in [0, 0.05) is 69.4 Å². The summed E-state index contributed by atoms with van der Waals surface area (Å²) in [5.74, 6) is 4.99. The molecule has 6 aromatic rings. The minimum Gasteiger partial charge on any atom is -0.494 e. The monoisotopic (exact) mass is 970 g/mol. The number of ether oxygens (including phenoxy) is 2. The number of aliphatic hydroxyl groups excluding tert-OH is 1. The number of hydrogen-bond donors (Lipinski definition) is 5. The number of rotatable bonds is 15. The van der Waals surface area contributed by atoms with Crippen molar-refractivity contribution in [3.05, 3.63) is 82.5 Å². The number of fused-ring (bicyclic) bond motifs is 2. The topological polar surface area (TPSA) is 278 Å². The lowest BCUT2D eigenvalue weighted by Gasteiger charge is -2.37. The minimum absolute atomic E-state index is 0.00540. The first kappa shape index (κ1) is 49.2. The second-order valence-corrected chi connectivity index (χ2v) is 17.4. The van der Waals surface area contributed by atoms with Crippen LogP contribution < -0.4 is 31.6 Å². The van der Waals surface area contributed by atoms with Crippen molar-refractivity contribution < 1.29 is 38.6 Å². The van der Waals surface area contributed by atoms with Crippen LogP contribution in [0.25, 0.3) is 22.1 Å². The van der Waals surface area contributed by atoms with Gasteiger partial charge in [0.2, 0.25) is 23.7 Å². The van der Waals surface area contributed by atoms with Crippen molar-refractivity contribution in [2.24, 2.45) is 17.4 Å². The highest BCUT2D eigenvalue weighted by atomic mass is 16.5. The van der Waals surface area contributed by atoms with E-state index in [0.717, 1.165) is 0 Å². The number of likely N-dealkylation sites (tertiary alicyclic amines) is 2. The van der Waals surface area contributed by atoms with E-state index < -0.39 is 23.6 Å². The van der Waals surface area contributed by atoms with Crippen LogP contribution in [0.5, 0.6) is 11.5 Å². The fourth-order valence-electron chi connectivity index (χ4n) is 8.96. The van der Waals surface area contributed by atoms with Gasteiger partial charge in [0.05, 0.1) is 35.6 Å². The molecule has 2 aliphatic heterocycles. The molecule has 0 radical (unpaired) electrons. The summed E-state index contributed by atoms with van der Waals surface area (Å²) < 4.78 is 18.7. The summed E-state index contributed by atoms with van der Waals surface area (Å²) in [5.41, 5.74) is 15.3. The number of piperidine rings is 2. The standard InChI is InChI=1S/C49H58N14O8/c1-6-62-37(23-29(3)56-62)45(67)54-47-52-35-25-32(43(50)65)27-39(70-5)41(35)60(47)16-8-9-17-61-42-36(53-48(61)55-46(68)38-24-30(4)57-63(38)7-2)26-33(44(51)66)28-40(42)71-22-10-11-31-12-18-58(19-13-31)49(69)59-20-14-34(64)15-21-59/h8-9,23-28,31,34,64H,6-7,12-22H2,1-5H3,(H2,50,65)(H2,51,66)(H,52,54,67)(H,53,55,68). The highest BCUT2D eigenvalue weighted by Gasteiger charge is 2.29. The van der Waals surface area contributed by atoms with E-state index >= 15 is 0 Å². The molecule has 8 rings (SSSR count). The van der Waals surface area contributed by atoms with Crippen molar-refractivity contribution in [3.8, 4) is 23.3 Å². The normalized spacial score (nSPS) is 14.5.